The van der Waals surface area contributed by atoms with Crippen molar-refractivity contribution in [2.24, 2.45) is 5.92 Å². The van der Waals surface area contributed by atoms with E-state index < -0.39 is 0 Å². The molecule has 1 aromatic heterocycles. The molecule has 0 amide bonds. The summed E-state index contributed by atoms with van der Waals surface area (Å²) in [5, 5.41) is 12.0. The summed E-state index contributed by atoms with van der Waals surface area (Å²) in [5.74, 6) is 1.24. The van der Waals surface area contributed by atoms with E-state index in [4.69, 9.17) is 10.00 Å². The Morgan fingerprint density at radius 3 is 2.19 bits per heavy atom. The highest BCUT2D eigenvalue weighted by Crippen LogP contribution is 2.39. The molecule has 3 rings (SSSR count). The van der Waals surface area contributed by atoms with E-state index in [1.165, 1.54) is 11.1 Å². The number of ether oxygens (including phenoxy) is 1. The third-order valence-corrected chi connectivity index (χ3v) is 5.82. The predicted molar refractivity (Wildman–Crippen MR) is 105 cm³/mol. The standard InChI is InChI=1S/C22H22N2OS/c1-16(2)22(3,18-6-4-17(14-23)5-7-18)19-8-10-20(11-9-19)25-15-21-24-12-13-26-21/h4-13,16H,15H2,1-3H3. The molecule has 2 aromatic carbocycles. The van der Waals surface area contributed by atoms with Crippen molar-refractivity contribution in [3.05, 3.63) is 81.8 Å². The number of nitrogens with zero attached hydrogens (tertiary/aromatic N) is 2. The van der Waals surface area contributed by atoms with Gasteiger partial charge < -0.3 is 4.74 Å². The monoisotopic (exact) mass is 362 g/mol. The molecule has 3 aromatic rings. The van der Waals surface area contributed by atoms with E-state index in [2.05, 4.69) is 56.1 Å². The lowest BCUT2D eigenvalue weighted by Gasteiger charge is -2.35. The zero-order valence-electron chi connectivity index (χ0n) is 15.3. The Bertz CT molecular complexity index is 877. The summed E-state index contributed by atoms with van der Waals surface area (Å²) in [7, 11) is 0. The molecule has 0 aliphatic heterocycles. The molecule has 0 aliphatic rings. The van der Waals surface area contributed by atoms with Crippen molar-refractivity contribution >= 4 is 11.3 Å². The smallest absolute Gasteiger partial charge is 0.140 e. The lowest BCUT2D eigenvalue weighted by molar-refractivity contribution is 0.305. The number of rotatable bonds is 6. The van der Waals surface area contributed by atoms with Crippen molar-refractivity contribution < 1.29 is 4.74 Å². The van der Waals surface area contributed by atoms with Gasteiger partial charge in [0.1, 0.15) is 17.4 Å². The van der Waals surface area contributed by atoms with Crippen LogP contribution in [0.1, 0.15) is 42.5 Å². The molecule has 0 spiro atoms. The Labute approximate surface area is 158 Å². The highest BCUT2D eigenvalue weighted by Gasteiger charge is 2.32. The highest BCUT2D eigenvalue weighted by atomic mass is 32.1. The van der Waals surface area contributed by atoms with Gasteiger partial charge in [0.05, 0.1) is 11.6 Å². The van der Waals surface area contributed by atoms with Crippen molar-refractivity contribution in [1.82, 2.24) is 4.98 Å². The molecule has 0 bridgehead atoms. The Kier molecular flexibility index (Phi) is 5.39. The summed E-state index contributed by atoms with van der Waals surface area (Å²) < 4.78 is 5.83. The van der Waals surface area contributed by atoms with E-state index >= 15 is 0 Å². The van der Waals surface area contributed by atoms with E-state index in [1.807, 2.05) is 29.6 Å². The molecule has 26 heavy (non-hydrogen) atoms. The number of aromatic nitrogens is 1. The van der Waals surface area contributed by atoms with Crippen LogP contribution in [0.3, 0.4) is 0 Å². The lowest BCUT2D eigenvalue weighted by Crippen LogP contribution is -2.30. The van der Waals surface area contributed by atoms with Crippen molar-refractivity contribution in [3.63, 3.8) is 0 Å². The van der Waals surface area contributed by atoms with Gasteiger partial charge in [-0.25, -0.2) is 4.98 Å². The number of benzene rings is 2. The van der Waals surface area contributed by atoms with Crippen LogP contribution in [0.25, 0.3) is 0 Å². The summed E-state index contributed by atoms with van der Waals surface area (Å²) in [6, 6.07) is 18.4. The molecule has 1 unspecified atom stereocenters. The van der Waals surface area contributed by atoms with Crippen LogP contribution in [0.4, 0.5) is 0 Å². The highest BCUT2D eigenvalue weighted by molar-refractivity contribution is 7.09. The molecular weight excluding hydrogens is 340 g/mol. The van der Waals surface area contributed by atoms with Crippen LogP contribution in [-0.4, -0.2) is 4.98 Å². The largest absolute Gasteiger partial charge is 0.486 e. The molecule has 4 heteroatoms. The zero-order chi connectivity index (χ0) is 18.6. The number of hydrogen-bond donors (Lipinski definition) is 0. The summed E-state index contributed by atoms with van der Waals surface area (Å²) in [6.07, 6.45) is 1.79. The lowest BCUT2D eigenvalue weighted by atomic mass is 9.68. The summed E-state index contributed by atoms with van der Waals surface area (Å²) >= 11 is 1.59. The van der Waals surface area contributed by atoms with Gasteiger partial charge in [-0.15, -0.1) is 11.3 Å². The van der Waals surface area contributed by atoms with E-state index in [0.29, 0.717) is 18.1 Å². The quantitative estimate of drug-likeness (QED) is 0.577. The first-order chi connectivity index (χ1) is 12.5. The predicted octanol–water partition coefficient (Wildman–Crippen LogP) is 5.56. The molecule has 132 valence electrons. The molecule has 0 saturated carbocycles. The SMILES string of the molecule is CC(C)C(C)(c1ccc(C#N)cc1)c1ccc(OCc2nccs2)cc1. The van der Waals surface area contributed by atoms with Gasteiger partial charge in [-0.3, -0.25) is 0 Å². The maximum Gasteiger partial charge on any atom is 0.140 e. The van der Waals surface area contributed by atoms with Crippen molar-refractivity contribution in [3.8, 4) is 11.8 Å². The molecule has 1 atom stereocenters. The average molecular weight is 362 g/mol. The van der Waals surface area contributed by atoms with Crippen molar-refractivity contribution in [1.29, 1.82) is 5.26 Å². The average Bonchev–Trinajstić information content (AvgIpc) is 3.19. The second-order valence-corrected chi connectivity index (χ2v) is 7.76. The van der Waals surface area contributed by atoms with E-state index in [9.17, 15) is 0 Å². The molecule has 0 saturated heterocycles. The molecular formula is C22H22N2OS. The van der Waals surface area contributed by atoms with Gasteiger partial charge in [0.15, 0.2) is 0 Å². The van der Waals surface area contributed by atoms with Crippen LogP contribution in [0.2, 0.25) is 0 Å². The number of thiazole rings is 1. The summed E-state index contributed by atoms with van der Waals surface area (Å²) in [5.41, 5.74) is 2.99. The number of hydrogen-bond acceptors (Lipinski definition) is 4. The second kappa shape index (κ2) is 7.72. The van der Waals surface area contributed by atoms with Gasteiger partial charge in [-0.05, 0) is 41.3 Å². The second-order valence-electron chi connectivity index (χ2n) is 6.79. The Morgan fingerprint density at radius 2 is 1.69 bits per heavy atom. The van der Waals surface area contributed by atoms with E-state index in [-0.39, 0.29) is 5.41 Å². The summed E-state index contributed by atoms with van der Waals surface area (Å²) in [6.45, 7) is 7.20. The van der Waals surface area contributed by atoms with Gasteiger partial charge >= 0.3 is 0 Å². The molecule has 0 N–H and O–H groups in total. The van der Waals surface area contributed by atoms with Crippen LogP contribution in [-0.2, 0) is 12.0 Å². The van der Waals surface area contributed by atoms with E-state index in [1.54, 1.807) is 17.5 Å². The maximum absolute atomic E-state index is 9.04. The normalized spacial score (nSPS) is 13.2. The first-order valence-electron chi connectivity index (χ1n) is 8.66. The third-order valence-electron chi connectivity index (χ3n) is 5.07. The van der Waals surface area contributed by atoms with E-state index in [0.717, 1.165) is 10.8 Å². The van der Waals surface area contributed by atoms with Crippen molar-refractivity contribution in [2.75, 3.05) is 0 Å². The minimum absolute atomic E-state index is 0.137. The topological polar surface area (TPSA) is 45.9 Å². The summed E-state index contributed by atoms with van der Waals surface area (Å²) in [4.78, 5) is 4.24. The Hall–Kier alpha value is -2.64. The third kappa shape index (κ3) is 3.63. The van der Waals surface area contributed by atoms with Gasteiger partial charge in [-0.1, -0.05) is 45.0 Å². The first kappa shape index (κ1) is 18.2. The fourth-order valence-electron chi connectivity index (χ4n) is 3.09. The Morgan fingerprint density at radius 1 is 1.08 bits per heavy atom. The molecule has 0 radical (unpaired) electrons. The fourth-order valence-corrected chi connectivity index (χ4v) is 3.62. The van der Waals surface area contributed by atoms with Gasteiger partial charge in [0.25, 0.3) is 0 Å². The number of nitriles is 1. The minimum atomic E-state index is -0.137. The van der Waals surface area contributed by atoms with Crippen LogP contribution in [0.5, 0.6) is 5.75 Å². The van der Waals surface area contributed by atoms with Gasteiger partial charge in [-0.2, -0.15) is 5.26 Å². The van der Waals surface area contributed by atoms with Crippen LogP contribution >= 0.6 is 11.3 Å². The van der Waals surface area contributed by atoms with Crippen LogP contribution in [0, 0.1) is 17.2 Å². The van der Waals surface area contributed by atoms with Crippen molar-refractivity contribution in [2.45, 2.75) is 32.8 Å². The molecule has 1 heterocycles. The first-order valence-corrected chi connectivity index (χ1v) is 9.54. The molecule has 3 nitrogen and oxygen atoms in total. The molecule has 0 fully saturated rings. The van der Waals surface area contributed by atoms with Crippen LogP contribution < -0.4 is 4.74 Å². The van der Waals surface area contributed by atoms with Crippen LogP contribution in [0.15, 0.2) is 60.1 Å². The molecule has 0 aliphatic carbocycles. The maximum atomic E-state index is 9.04. The van der Waals surface area contributed by atoms with Gasteiger partial charge in [0.2, 0.25) is 0 Å². The Balaban J connectivity index is 1.84. The van der Waals surface area contributed by atoms with Gasteiger partial charge in [0, 0.05) is 17.0 Å². The minimum Gasteiger partial charge on any atom is -0.486 e. The zero-order valence-corrected chi connectivity index (χ0v) is 16.1. The fraction of sp³-hybridized carbons (Fsp3) is 0.273.